The van der Waals surface area contributed by atoms with E-state index in [0.717, 1.165) is 61.2 Å². The summed E-state index contributed by atoms with van der Waals surface area (Å²) in [4.78, 5) is 15.9. The van der Waals surface area contributed by atoms with Gasteiger partial charge in [0.25, 0.3) is 5.91 Å². The summed E-state index contributed by atoms with van der Waals surface area (Å²) in [5.74, 6) is -0.0787. The second-order valence-corrected chi connectivity index (χ2v) is 10.5. The van der Waals surface area contributed by atoms with Gasteiger partial charge in [-0.2, -0.15) is 0 Å². The molecule has 0 atom stereocenters. The van der Waals surface area contributed by atoms with Crippen LogP contribution in [0.1, 0.15) is 60.2 Å². The van der Waals surface area contributed by atoms with Gasteiger partial charge in [-0.15, -0.1) is 11.8 Å². The zero-order valence-electron chi connectivity index (χ0n) is 18.6. The standard InChI is InChI=1S/C24H32N2O3S2/c1-4-18-9-10-19(5-2)20(15-18)17-25-31(28,29)21-11-12-23(30-3)22(16-21)24(27)26-13-7-6-8-14-26/h9-12,15-16,25H,4-8,13-14,17H2,1-3H3. The highest BCUT2D eigenvalue weighted by atomic mass is 32.2. The second-order valence-electron chi connectivity index (χ2n) is 7.85. The molecule has 5 nitrogen and oxygen atoms in total. The van der Waals surface area contributed by atoms with Crippen LogP contribution in [0.5, 0.6) is 0 Å². The van der Waals surface area contributed by atoms with E-state index in [0.29, 0.717) is 5.56 Å². The molecule has 2 aromatic carbocycles. The molecule has 0 radical (unpaired) electrons. The van der Waals surface area contributed by atoms with Crippen molar-refractivity contribution in [3.05, 3.63) is 58.7 Å². The summed E-state index contributed by atoms with van der Waals surface area (Å²) >= 11 is 1.46. The molecule has 168 valence electrons. The quantitative estimate of drug-likeness (QED) is 0.583. The lowest BCUT2D eigenvalue weighted by atomic mass is 10.0. The van der Waals surface area contributed by atoms with Gasteiger partial charge in [-0.1, -0.05) is 32.0 Å². The van der Waals surface area contributed by atoms with Gasteiger partial charge in [0.1, 0.15) is 0 Å². The van der Waals surface area contributed by atoms with E-state index < -0.39 is 10.0 Å². The third kappa shape index (κ3) is 5.70. The van der Waals surface area contributed by atoms with Crippen LogP contribution in [0.4, 0.5) is 0 Å². The molecule has 0 aliphatic carbocycles. The Hall–Kier alpha value is -1.83. The fourth-order valence-corrected chi connectivity index (χ4v) is 5.56. The van der Waals surface area contributed by atoms with E-state index in [1.165, 1.54) is 23.4 Å². The lowest BCUT2D eigenvalue weighted by Gasteiger charge is -2.27. The highest BCUT2D eigenvalue weighted by Gasteiger charge is 2.24. The van der Waals surface area contributed by atoms with Crippen LogP contribution in [0.3, 0.4) is 0 Å². The van der Waals surface area contributed by atoms with Crippen molar-refractivity contribution < 1.29 is 13.2 Å². The molecule has 3 rings (SSSR count). The van der Waals surface area contributed by atoms with Crippen molar-refractivity contribution in [2.45, 2.75) is 62.3 Å². The maximum absolute atomic E-state index is 13.1. The van der Waals surface area contributed by atoms with Gasteiger partial charge in [0, 0.05) is 24.5 Å². The zero-order chi connectivity index (χ0) is 22.4. The molecule has 0 bridgehead atoms. The number of likely N-dealkylation sites (tertiary alicyclic amines) is 1. The van der Waals surface area contributed by atoms with Crippen molar-refractivity contribution >= 4 is 27.7 Å². The SMILES string of the molecule is CCc1ccc(CC)c(CNS(=O)(=O)c2ccc(SC)c(C(=O)N3CCCCC3)c2)c1. The first-order valence-electron chi connectivity index (χ1n) is 11.0. The van der Waals surface area contributed by atoms with Gasteiger partial charge in [0.05, 0.1) is 10.5 Å². The number of rotatable bonds is 8. The van der Waals surface area contributed by atoms with E-state index >= 15 is 0 Å². The van der Waals surface area contributed by atoms with Crippen molar-refractivity contribution in [2.24, 2.45) is 0 Å². The van der Waals surface area contributed by atoms with E-state index in [-0.39, 0.29) is 17.3 Å². The Labute approximate surface area is 190 Å². The molecule has 2 aromatic rings. The molecule has 0 spiro atoms. The number of nitrogens with one attached hydrogen (secondary N) is 1. The number of carbonyl (C=O) groups excluding carboxylic acids is 1. The lowest BCUT2D eigenvalue weighted by Crippen LogP contribution is -2.36. The highest BCUT2D eigenvalue weighted by molar-refractivity contribution is 7.98. The molecule has 1 aliphatic rings. The van der Waals surface area contributed by atoms with Crippen LogP contribution in [0, 0.1) is 0 Å². The summed E-state index contributed by atoms with van der Waals surface area (Å²) in [7, 11) is -3.74. The molecule has 1 heterocycles. The largest absolute Gasteiger partial charge is 0.339 e. The van der Waals surface area contributed by atoms with Gasteiger partial charge in [0.15, 0.2) is 0 Å². The van der Waals surface area contributed by atoms with Crippen LogP contribution in [0.15, 0.2) is 46.2 Å². The Morgan fingerprint density at radius 2 is 1.74 bits per heavy atom. The number of sulfonamides is 1. The molecule has 31 heavy (non-hydrogen) atoms. The van der Waals surface area contributed by atoms with Gasteiger partial charge >= 0.3 is 0 Å². The first-order chi connectivity index (χ1) is 14.9. The molecule has 7 heteroatoms. The van der Waals surface area contributed by atoms with Crippen molar-refractivity contribution in [2.75, 3.05) is 19.3 Å². The average molecular weight is 461 g/mol. The predicted molar refractivity (Wildman–Crippen MR) is 127 cm³/mol. The van der Waals surface area contributed by atoms with Gasteiger partial charge in [0.2, 0.25) is 10.0 Å². The van der Waals surface area contributed by atoms with E-state index in [1.807, 2.05) is 11.2 Å². The second kappa shape index (κ2) is 10.7. The molecule has 0 saturated carbocycles. The number of nitrogens with zero attached hydrogens (tertiary/aromatic N) is 1. The Morgan fingerprint density at radius 1 is 1.00 bits per heavy atom. The highest BCUT2D eigenvalue weighted by Crippen LogP contribution is 2.26. The smallest absolute Gasteiger partial charge is 0.255 e. The van der Waals surface area contributed by atoms with E-state index in [1.54, 1.807) is 12.1 Å². The normalized spacial score (nSPS) is 14.6. The minimum atomic E-state index is -3.74. The molecular formula is C24H32N2O3S2. The molecule has 1 saturated heterocycles. The van der Waals surface area contributed by atoms with E-state index in [9.17, 15) is 13.2 Å². The Kier molecular flexibility index (Phi) is 8.19. The average Bonchev–Trinajstić information content (AvgIpc) is 2.82. The summed E-state index contributed by atoms with van der Waals surface area (Å²) in [5.41, 5.74) is 3.79. The maximum atomic E-state index is 13.1. The number of carbonyl (C=O) groups is 1. The first kappa shape index (κ1) is 23.8. The minimum Gasteiger partial charge on any atom is -0.339 e. The van der Waals surface area contributed by atoms with Crippen LogP contribution >= 0.6 is 11.8 Å². The van der Waals surface area contributed by atoms with E-state index in [4.69, 9.17) is 0 Å². The van der Waals surface area contributed by atoms with Gasteiger partial charge in [-0.05, 0) is 73.2 Å². The summed E-state index contributed by atoms with van der Waals surface area (Å²) in [5, 5.41) is 0. The van der Waals surface area contributed by atoms with Gasteiger partial charge in [-0.3, -0.25) is 4.79 Å². The number of piperidine rings is 1. The molecule has 1 N–H and O–H groups in total. The fraction of sp³-hybridized carbons (Fsp3) is 0.458. The van der Waals surface area contributed by atoms with Gasteiger partial charge < -0.3 is 4.90 Å². The fourth-order valence-electron chi connectivity index (χ4n) is 3.95. The number of aryl methyl sites for hydroxylation is 2. The Balaban J connectivity index is 1.85. The molecule has 0 unspecified atom stereocenters. The Bertz CT molecular complexity index is 1030. The summed E-state index contributed by atoms with van der Waals surface area (Å²) in [6.07, 6.45) is 6.78. The number of thioether (sulfide) groups is 1. The van der Waals surface area contributed by atoms with Crippen molar-refractivity contribution in [3.8, 4) is 0 Å². The van der Waals surface area contributed by atoms with Crippen LogP contribution in [-0.4, -0.2) is 38.6 Å². The van der Waals surface area contributed by atoms with Crippen LogP contribution < -0.4 is 4.72 Å². The maximum Gasteiger partial charge on any atom is 0.255 e. The first-order valence-corrected chi connectivity index (χ1v) is 13.7. The predicted octanol–water partition coefficient (Wildman–Crippen LogP) is 4.64. The summed E-state index contributed by atoms with van der Waals surface area (Å²) < 4.78 is 28.9. The summed E-state index contributed by atoms with van der Waals surface area (Å²) in [6, 6.07) is 11.1. The number of benzene rings is 2. The Morgan fingerprint density at radius 3 is 2.39 bits per heavy atom. The van der Waals surface area contributed by atoms with Gasteiger partial charge in [-0.25, -0.2) is 13.1 Å². The lowest BCUT2D eigenvalue weighted by molar-refractivity contribution is 0.0720. The monoisotopic (exact) mass is 460 g/mol. The third-order valence-corrected chi connectivity index (χ3v) is 8.06. The van der Waals surface area contributed by atoms with Crippen molar-refractivity contribution in [1.29, 1.82) is 0 Å². The van der Waals surface area contributed by atoms with Crippen molar-refractivity contribution in [1.82, 2.24) is 9.62 Å². The van der Waals surface area contributed by atoms with Crippen LogP contribution in [0.25, 0.3) is 0 Å². The third-order valence-electron chi connectivity index (χ3n) is 5.87. The number of amides is 1. The topological polar surface area (TPSA) is 66.5 Å². The van der Waals surface area contributed by atoms with E-state index in [2.05, 4.69) is 36.8 Å². The van der Waals surface area contributed by atoms with Crippen LogP contribution in [-0.2, 0) is 29.4 Å². The summed E-state index contributed by atoms with van der Waals surface area (Å²) in [6.45, 7) is 5.85. The molecule has 1 fully saturated rings. The van der Waals surface area contributed by atoms with Crippen molar-refractivity contribution in [3.63, 3.8) is 0 Å². The molecular weight excluding hydrogens is 428 g/mol. The molecule has 0 aromatic heterocycles. The number of hydrogen-bond donors (Lipinski definition) is 1. The molecule has 1 aliphatic heterocycles. The number of hydrogen-bond acceptors (Lipinski definition) is 4. The van der Waals surface area contributed by atoms with Crippen LogP contribution in [0.2, 0.25) is 0 Å². The minimum absolute atomic E-state index is 0.0787. The molecule has 1 amide bonds. The zero-order valence-corrected chi connectivity index (χ0v) is 20.2.